The molecule has 1 aliphatic heterocycles. The highest BCUT2D eigenvalue weighted by atomic mass is 16.6. The van der Waals surface area contributed by atoms with E-state index < -0.39 is 0 Å². The van der Waals surface area contributed by atoms with Gasteiger partial charge in [-0.25, -0.2) is 0 Å². The van der Waals surface area contributed by atoms with Crippen LogP contribution in [-0.4, -0.2) is 52.9 Å². The van der Waals surface area contributed by atoms with Gasteiger partial charge in [0.2, 0.25) is 0 Å². The quantitative estimate of drug-likeness (QED) is 0.754. The Labute approximate surface area is 168 Å². The molecule has 1 aliphatic rings. The molecule has 0 amide bonds. The van der Waals surface area contributed by atoms with Crippen LogP contribution >= 0.6 is 0 Å². The first kappa shape index (κ1) is 23.6. The topological polar surface area (TPSA) is 55.4 Å². The lowest BCUT2D eigenvalue weighted by Gasteiger charge is -2.15. The van der Waals surface area contributed by atoms with E-state index >= 15 is 0 Å². The maximum atomic E-state index is 5.72. The average molecular weight is 392 g/mol. The van der Waals surface area contributed by atoms with Crippen molar-refractivity contribution in [3.05, 3.63) is 61.1 Å². The van der Waals surface area contributed by atoms with Crippen LogP contribution in [-0.2, 0) is 18.9 Å². The highest BCUT2D eigenvalue weighted by Crippen LogP contribution is 2.26. The van der Waals surface area contributed by atoms with E-state index in [0.29, 0.717) is 75.9 Å². The Morgan fingerprint density at radius 2 is 0.964 bits per heavy atom. The lowest BCUT2D eigenvalue weighted by molar-refractivity contribution is 0.0430. The van der Waals surface area contributed by atoms with Gasteiger partial charge in [0.1, 0.15) is 26.4 Å². The van der Waals surface area contributed by atoms with Crippen LogP contribution in [0.3, 0.4) is 0 Å². The summed E-state index contributed by atoms with van der Waals surface area (Å²) in [5.74, 6) is 2.42. The molecule has 1 aromatic carbocycles. The molecule has 0 saturated heterocycles. The third-order valence-electron chi connectivity index (χ3n) is 3.40. The van der Waals surface area contributed by atoms with Crippen molar-refractivity contribution >= 4 is 0 Å². The van der Waals surface area contributed by atoms with Crippen molar-refractivity contribution in [3.63, 3.8) is 0 Å². The largest absolute Gasteiger partial charge is 0.487 e. The third-order valence-corrected chi connectivity index (χ3v) is 3.40. The van der Waals surface area contributed by atoms with E-state index in [1.807, 2.05) is 38.1 Å². The molecule has 1 heterocycles. The number of hydrogen-bond acceptors (Lipinski definition) is 6. The van der Waals surface area contributed by atoms with Crippen molar-refractivity contribution in [2.24, 2.45) is 0 Å². The fraction of sp³-hybridized carbons (Fsp3) is 0.455. The molecule has 6 nitrogen and oxygen atoms in total. The highest BCUT2D eigenvalue weighted by molar-refractivity contribution is 5.39. The van der Waals surface area contributed by atoms with Gasteiger partial charge in [0.25, 0.3) is 0 Å². The molecule has 6 heteroatoms. The third kappa shape index (κ3) is 8.97. The fourth-order valence-electron chi connectivity index (χ4n) is 2.20. The minimum atomic E-state index is 0.373. The lowest BCUT2D eigenvalue weighted by Crippen LogP contribution is -2.14. The molecule has 2 rings (SSSR count). The fourth-order valence-corrected chi connectivity index (χ4v) is 2.20. The molecule has 0 bridgehead atoms. The summed E-state index contributed by atoms with van der Waals surface area (Å²) >= 11 is 0. The Hall–Kier alpha value is -2.44. The SMILES string of the molecule is C=C/C1=C(\C=C)OCCOCCOc2ccccc2OCCOCCO1.CC. The monoisotopic (exact) mass is 392 g/mol. The summed E-state index contributed by atoms with van der Waals surface area (Å²) in [7, 11) is 0. The zero-order valence-electron chi connectivity index (χ0n) is 17.0. The predicted molar refractivity (Wildman–Crippen MR) is 110 cm³/mol. The van der Waals surface area contributed by atoms with Crippen LogP contribution in [0.5, 0.6) is 11.5 Å². The molecular formula is C22H32O6. The number of fused-ring (bicyclic) bond motifs is 1. The van der Waals surface area contributed by atoms with Crippen LogP contribution in [0.2, 0.25) is 0 Å². The summed E-state index contributed by atoms with van der Waals surface area (Å²) in [5, 5.41) is 0. The number of allylic oxidation sites excluding steroid dienone is 2. The van der Waals surface area contributed by atoms with Gasteiger partial charge in [0, 0.05) is 0 Å². The molecule has 0 radical (unpaired) electrons. The first-order valence-corrected chi connectivity index (χ1v) is 9.60. The summed E-state index contributed by atoms with van der Waals surface area (Å²) in [6.45, 7) is 14.8. The van der Waals surface area contributed by atoms with Gasteiger partial charge in [-0.1, -0.05) is 39.1 Å². The second kappa shape index (κ2) is 15.6. The molecule has 0 unspecified atom stereocenters. The Morgan fingerprint density at radius 1 is 0.607 bits per heavy atom. The van der Waals surface area contributed by atoms with Crippen molar-refractivity contribution in [3.8, 4) is 11.5 Å². The summed E-state index contributed by atoms with van der Waals surface area (Å²) in [6.07, 6.45) is 3.17. The standard InChI is InChI=1S/C20H26O6.C2H6/c1-3-17-18(4-2)24-14-10-22-12-16-26-20-8-6-5-7-19(20)25-15-11-21-9-13-23-17;1-2/h3-8H,1-2,9-16H2;1-2H3/b18-17-;. The molecule has 0 saturated carbocycles. The molecule has 0 aromatic heterocycles. The molecular weight excluding hydrogens is 360 g/mol. The Morgan fingerprint density at radius 3 is 1.32 bits per heavy atom. The maximum absolute atomic E-state index is 5.72. The van der Waals surface area contributed by atoms with Crippen molar-refractivity contribution in [2.75, 3.05) is 52.9 Å². The average Bonchev–Trinajstić information content (AvgIpc) is 2.74. The van der Waals surface area contributed by atoms with Crippen molar-refractivity contribution in [1.82, 2.24) is 0 Å². The predicted octanol–water partition coefficient (Wildman–Crippen LogP) is 4.13. The van der Waals surface area contributed by atoms with Crippen LogP contribution in [0, 0.1) is 0 Å². The summed E-state index contributed by atoms with van der Waals surface area (Å²) in [5.41, 5.74) is 0. The number of ether oxygens (including phenoxy) is 6. The molecule has 28 heavy (non-hydrogen) atoms. The van der Waals surface area contributed by atoms with Crippen molar-refractivity contribution in [2.45, 2.75) is 13.8 Å². The van der Waals surface area contributed by atoms with Gasteiger partial charge in [-0.2, -0.15) is 0 Å². The van der Waals surface area contributed by atoms with Gasteiger partial charge in [-0.05, 0) is 24.3 Å². The number of rotatable bonds is 2. The number of hydrogen-bond donors (Lipinski definition) is 0. The van der Waals surface area contributed by atoms with Gasteiger partial charge >= 0.3 is 0 Å². The first-order valence-electron chi connectivity index (χ1n) is 9.60. The van der Waals surface area contributed by atoms with E-state index in [1.165, 1.54) is 0 Å². The molecule has 0 N–H and O–H groups in total. The van der Waals surface area contributed by atoms with Gasteiger partial charge < -0.3 is 28.4 Å². The molecule has 0 spiro atoms. The highest BCUT2D eigenvalue weighted by Gasteiger charge is 2.06. The van der Waals surface area contributed by atoms with Crippen molar-refractivity contribution < 1.29 is 28.4 Å². The van der Waals surface area contributed by atoms with Gasteiger partial charge in [0.05, 0.1) is 26.4 Å². The second-order valence-corrected chi connectivity index (χ2v) is 5.20. The minimum Gasteiger partial charge on any atom is -0.487 e. The Kier molecular flexibility index (Phi) is 13.1. The van der Waals surface area contributed by atoms with E-state index in [1.54, 1.807) is 12.2 Å². The zero-order valence-corrected chi connectivity index (χ0v) is 17.0. The lowest BCUT2D eigenvalue weighted by atomic mass is 10.3. The van der Waals surface area contributed by atoms with Gasteiger partial charge in [0.15, 0.2) is 23.0 Å². The number of para-hydroxylation sites is 2. The molecule has 1 aromatic rings. The van der Waals surface area contributed by atoms with E-state index in [0.717, 1.165) is 0 Å². The van der Waals surface area contributed by atoms with E-state index in [9.17, 15) is 0 Å². The van der Waals surface area contributed by atoms with E-state index in [-0.39, 0.29) is 0 Å². The first-order chi connectivity index (χ1) is 13.8. The molecule has 156 valence electrons. The van der Waals surface area contributed by atoms with Crippen LogP contribution in [0.1, 0.15) is 13.8 Å². The maximum Gasteiger partial charge on any atom is 0.161 e. The normalized spacial score (nSPS) is 19.4. The van der Waals surface area contributed by atoms with E-state index in [2.05, 4.69) is 13.2 Å². The van der Waals surface area contributed by atoms with Crippen LogP contribution in [0.15, 0.2) is 61.1 Å². The van der Waals surface area contributed by atoms with Crippen LogP contribution in [0.4, 0.5) is 0 Å². The summed E-state index contributed by atoms with van der Waals surface area (Å²) in [4.78, 5) is 0. The van der Waals surface area contributed by atoms with Crippen LogP contribution < -0.4 is 9.47 Å². The molecule has 0 fully saturated rings. The zero-order chi connectivity index (χ0) is 20.5. The van der Waals surface area contributed by atoms with Crippen LogP contribution in [0.25, 0.3) is 0 Å². The van der Waals surface area contributed by atoms with Gasteiger partial charge in [-0.3, -0.25) is 0 Å². The van der Waals surface area contributed by atoms with Gasteiger partial charge in [-0.15, -0.1) is 0 Å². The summed E-state index contributed by atoms with van der Waals surface area (Å²) < 4.78 is 33.8. The Bertz CT molecular complexity index is 545. The smallest absolute Gasteiger partial charge is 0.161 e. The molecule has 0 aliphatic carbocycles. The van der Waals surface area contributed by atoms with E-state index in [4.69, 9.17) is 28.4 Å². The van der Waals surface area contributed by atoms with Crippen molar-refractivity contribution in [1.29, 1.82) is 0 Å². The second-order valence-electron chi connectivity index (χ2n) is 5.20. The molecule has 0 atom stereocenters. The summed E-state index contributed by atoms with van der Waals surface area (Å²) in [6, 6.07) is 7.53. The minimum absolute atomic E-state index is 0.373. The Balaban J connectivity index is 0.00000190. The number of benzene rings is 1.